The van der Waals surface area contributed by atoms with Gasteiger partial charge in [0.25, 0.3) is 0 Å². The van der Waals surface area contributed by atoms with Crippen LogP contribution in [-0.2, 0) is 6.54 Å². The van der Waals surface area contributed by atoms with Crippen molar-refractivity contribution in [1.82, 2.24) is 4.90 Å². The van der Waals surface area contributed by atoms with Crippen LogP contribution in [0.25, 0.3) is 0 Å². The maximum atomic E-state index is 9.12. The van der Waals surface area contributed by atoms with Crippen LogP contribution in [0.3, 0.4) is 0 Å². The first kappa shape index (κ1) is 14.1. The molecule has 0 amide bonds. The second kappa shape index (κ2) is 6.76. The first-order valence-electron chi connectivity index (χ1n) is 6.49. The van der Waals surface area contributed by atoms with Gasteiger partial charge in [-0.25, -0.2) is 0 Å². The summed E-state index contributed by atoms with van der Waals surface area (Å²) < 4.78 is 0. The van der Waals surface area contributed by atoms with Crippen molar-refractivity contribution in [3.05, 3.63) is 33.8 Å². The zero-order valence-electron chi connectivity index (χ0n) is 10.4. The molecule has 1 heterocycles. The lowest BCUT2D eigenvalue weighted by atomic mass is 9.99. The molecule has 1 aliphatic rings. The Kier molecular flexibility index (Phi) is 5.31. The summed E-state index contributed by atoms with van der Waals surface area (Å²) in [5.74, 6) is 0. The Morgan fingerprint density at radius 1 is 1.22 bits per heavy atom. The van der Waals surface area contributed by atoms with Crippen LogP contribution in [0, 0.1) is 0 Å². The lowest BCUT2D eigenvalue weighted by Gasteiger charge is -2.35. The van der Waals surface area contributed by atoms with E-state index >= 15 is 0 Å². The number of benzene rings is 1. The number of hydrogen-bond acceptors (Lipinski definition) is 2. The van der Waals surface area contributed by atoms with Gasteiger partial charge in [0, 0.05) is 19.2 Å². The first-order valence-corrected chi connectivity index (χ1v) is 7.25. The number of piperidine rings is 1. The monoisotopic (exact) mass is 287 g/mol. The molecule has 4 heteroatoms. The van der Waals surface area contributed by atoms with Crippen LogP contribution in [0.2, 0.25) is 10.0 Å². The highest BCUT2D eigenvalue weighted by Gasteiger charge is 2.21. The van der Waals surface area contributed by atoms with E-state index in [0.717, 1.165) is 19.5 Å². The number of rotatable bonds is 4. The van der Waals surface area contributed by atoms with Crippen LogP contribution in [0.1, 0.15) is 31.2 Å². The zero-order valence-corrected chi connectivity index (χ0v) is 11.9. The van der Waals surface area contributed by atoms with Gasteiger partial charge < -0.3 is 5.11 Å². The van der Waals surface area contributed by atoms with E-state index in [1.807, 2.05) is 18.2 Å². The topological polar surface area (TPSA) is 23.5 Å². The molecule has 1 fully saturated rings. The van der Waals surface area contributed by atoms with Crippen LogP contribution >= 0.6 is 23.2 Å². The van der Waals surface area contributed by atoms with Crippen molar-refractivity contribution in [2.45, 2.75) is 38.3 Å². The van der Waals surface area contributed by atoms with Crippen LogP contribution in [-0.4, -0.2) is 29.2 Å². The van der Waals surface area contributed by atoms with Crippen molar-refractivity contribution >= 4 is 23.2 Å². The molecule has 0 aromatic heterocycles. The molecule has 1 aromatic rings. The van der Waals surface area contributed by atoms with Crippen molar-refractivity contribution in [2.24, 2.45) is 0 Å². The Hall–Kier alpha value is -0.280. The minimum absolute atomic E-state index is 0.266. The fourth-order valence-corrected chi connectivity index (χ4v) is 2.94. The number of likely N-dealkylation sites (tertiary alicyclic amines) is 1. The Morgan fingerprint density at radius 3 is 2.78 bits per heavy atom. The minimum Gasteiger partial charge on any atom is -0.396 e. The summed E-state index contributed by atoms with van der Waals surface area (Å²) >= 11 is 12.0. The molecule has 1 aliphatic heterocycles. The minimum atomic E-state index is 0.266. The maximum Gasteiger partial charge on any atom is 0.0595 e. The fraction of sp³-hybridized carbons (Fsp3) is 0.571. The van der Waals surface area contributed by atoms with Gasteiger partial charge in [0.05, 0.1) is 10.0 Å². The van der Waals surface area contributed by atoms with E-state index in [9.17, 15) is 0 Å². The molecule has 1 N–H and O–H groups in total. The molecule has 0 aliphatic carbocycles. The van der Waals surface area contributed by atoms with Gasteiger partial charge in [-0.3, -0.25) is 4.90 Å². The summed E-state index contributed by atoms with van der Waals surface area (Å²) in [6.07, 6.45) is 4.55. The molecular formula is C14H19Cl2NO. The summed E-state index contributed by atoms with van der Waals surface area (Å²) in [7, 11) is 0. The van der Waals surface area contributed by atoms with E-state index in [0.29, 0.717) is 16.1 Å². The molecule has 0 bridgehead atoms. The Morgan fingerprint density at radius 2 is 2.06 bits per heavy atom. The lowest BCUT2D eigenvalue weighted by Crippen LogP contribution is -2.39. The predicted octanol–water partition coefficient (Wildman–Crippen LogP) is 3.73. The summed E-state index contributed by atoms with van der Waals surface area (Å²) in [6, 6.07) is 6.32. The molecule has 2 rings (SSSR count). The third-order valence-corrected chi connectivity index (χ3v) is 4.32. The SMILES string of the molecule is OCC[C@H]1CCCCN1Cc1ccc(Cl)c(Cl)c1. The molecule has 2 nitrogen and oxygen atoms in total. The number of aliphatic hydroxyl groups excluding tert-OH is 1. The smallest absolute Gasteiger partial charge is 0.0595 e. The number of hydrogen-bond donors (Lipinski definition) is 1. The summed E-state index contributed by atoms with van der Waals surface area (Å²) in [6.45, 7) is 2.26. The molecule has 0 spiro atoms. The first-order chi connectivity index (χ1) is 8.70. The Bertz CT molecular complexity index is 395. The van der Waals surface area contributed by atoms with Gasteiger partial charge in [0.15, 0.2) is 0 Å². The van der Waals surface area contributed by atoms with Crippen LogP contribution in [0.15, 0.2) is 18.2 Å². The third kappa shape index (κ3) is 3.61. The van der Waals surface area contributed by atoms with Crippen molar-refractivity contribution in [1.29, 1.82) is 0 Å². The quantitative estimate of drug-likeness (QED) is 0.912. The van der Waals surface area contributed by atoms with Gasteiger partial charge >= 0.3 is 0 Å². The van der Waals surface area contributed by atoms with E-state index < -0.39 is 0 Å². The average molecular weight is 288 g/mol. The summed E-state index contributed by atoms with van der Waals surface area (Å²) in [5.41, 5.74) is 1.19. The zero-order chi connectivity index (χ0) is 13.0. The van der Waals surface area contributed by atoms with E-state index in [2.05, 4.69) is 4.90 Å². The molecule has 100 valence electrons. The predicted molar refractivity (Wildman–Crippen MR) is 76.2 cm³/mol. The molecule has 0 saturated carbocycles. The molecule has 0 unspecified atom stereocenters. The number of nitrogens with zero attached hydrogens (tertiary/aromatic N) is 1. The third-order valence-electron chi connectivity index (χ3n) is 3.58. The normalized spacial score (nSPS) is 21.2. The second-order valence-corrected chi connectivity index (χ2v) is 5.70. The van der Waals surface area contributed by atoms with E-state index in [-0.39, 0.29) is 6.61 Å². The van der Waals surface area contributed by atoms with E-state index in [4.69, 9.17) is 28.3 Å². The average Bonchev–Trinajstić information content (AvgIpc) is 2.37. The summed E-state index contributed by atoms with van der Waals surface area (Å²) in [4.78, 5) is 2.44. The highest BCUT2D eigenvalue weighted by molar-refractivity contribution is 6.42. The van der Waals surface area contributed by atoms with Crippen LogP contribution < -0.4 is 0 Å². The largest absolute Gasteiger partial charge is 0.396 e. The van der Waals surface area contributed by atoms with Crippen LogP contribution in [0.4, 0.5) is 0 Å². The van der Waals surface area contributed by atoms with Gasteiger partial charge in [-0.1, -0.05) is 35.7 Å². The van der Waals surface area contributed by atoms with Crippen molar-refractivity contribution in [3.8, 4) is 0 Å². The second-order valence-electron chi connectivity index (χ2n) is 4.88. The standard InChI is InChI=1S/C14H19Cl2NO/c15-13-5-4-11(9-14(13)16)10-17-7-2-1-3-12(17)6-8-18/h4-5,9,12,18H,1-3,6-8,10H2/t12-/m1/s1. The maximum absolute atomic E-state index is 9.12. The highest BCUT2D eigenvalue weighted by atomic mass is 35.5. The molecule has 0 radical (unpaired) electrons. The van der Waals surface area contributed by atoms with Gasteiger partial charge in [0.2, 0.25) is 0 Å². The van der Waals surface area contributed by atoms with Gasteiger partial charge in [-0.05, 0) is 43.5 Å². The van der Waals surface area contributed by atoms with Gasteiger partial charge in [0.1, 0.15) is 0 Å². The van der Waals surface area contributed by atoms with Crippen molar-refractivity contribution < 1.29 is 5.11 Å². The lowest BCUT2D eigenvalue weighted by molar-refractivity contribution is 0.112. The fourth-order valence-electron chi connectivity index (χ4n) is 2.62. The molecule has 1 saturated heterocycles. The van der Waals surface area contributed by atoms with E-state index in [1.54, 1.807) is 0 Å². The van der Waals surface area contributed by atoms with Gasteiger partial charge in [-0.15, -0.1) is 0 Å². The molecular weight excluding hydrogens is 269 g/mol. The van der Waals surface area contributed by atoms with Crippen LogP contribution in [0.5, 0.6) is 0 Å². The molecule has 1 atom stereocenters. The van der Waals surface area contributed by atoms with Crippen molar-refractivity contribution in [2.75, 3.05) is 13.2 Å². The highest BCUT2D eigenvalue weighted by Crippen LogP contribution is 2.26. The van der Waals surface area contributed by atoms with E-state index in [1.165, 1.54) is 24.8 Å². The Balaban J connectivity index is 2.03. The van der Waals surface area contributed by atoms with Crippen molar-refractivity contribution in [3.63, 3.8) is 0 Å². The molecule has 18 heavy (non-hydrogen) atoms. The Labute approximate surface area is 119 Å². The number of aliphatic hydroxyl groups is 1. The number of halogens is 2. The molecule has 1 aromatic carbocycles. The van der Waals surface area contributed by atoms with Gasteiger partial charge in [-0.2, -0.15) is 0 Å². The summed E-state index contributed by atoms with van der Waals surface area (Å²) in [5, 5.41) is 10.3.